The summed E-state index contributed by atoms with van der Waals surface area (Å²) >= 11 is 0. The smallest absolute Gasteiger partial charge is 0.227 e. The van der Waals surface area contributed by atoms with Gasteiger partial charge in [0.1, 0.15) is 27.9 Å². The molecule has 0 N–H and O–H groups in total. The van der Waals surface area contributed by atoms with E-state index < -0.39 is 0 Å². The van der Waals surface area contributed by atoms with Gasteiger partial charge in [0.15, 0.2) is 52.4 Å². The van der Waals surface area contributed by atoms with Crippen molar-refractivity contribution in [2.24, 2.45) is 11.8 Å². The number of furan rings is 3. The highest BCUT2D eigenvalue weighted by molar-refractivity contribution is 6.16. The van der Waals surface area contributed by atoms with Crippen molar-refractivity contribution in [1.29, 1.82) is 0 Å². The number of benzene rings is 15. The zero-order chi connectivity index (χ0) is 94.2. The molecule has 27 rings (SSSR count). The van der Waals surface area contributed by atoms with Gasteiger partial charge in [-0.3, -0.25) is 9.97 Å². The van der Waals surface area contributed by atoms with Gasteiger partial charge in [0.05, 0.1) is 11.4 Å². The monoisotopic (exact) mass is 1810 g/mol. The average molecular weight is 1810 g/mol. The third kappa shape index (κ3) is 13.8. The van der Waals surface area contributed by atoms with Crippen LogP contribution in [0.2, 0.25) is 0 Å². The molecule has 0 unspecified atom stereocenters. The molecule has 0 fully saturated rings. The van der Waals surface area contributed by atoms with Gasteiger partial charge in [-0.2, -0.15) is 0 Å². The molecule has 0 saturated heterocycles. The van der Waals surface area contributed by atoms with E-state index in [4.69, 9.17) is 68.1 Å². The molecule has 0 atom stereocenters. The van der Waals surface area contributed by atoms with Crippen molar-refractivity contribution in [3.8, 4) is 158 Å². The Bertz CT molecular complexity index is 8960. The minimum atomic E-state index is -0.294. The molecule has 0 saturated carbocycles. The van der Waals surface area contributed by atoms with Gasteiger partial charge in [0.25, 0.3) is 0 Å². The SMILES string of the molecule is CC(C)C1(C(C)C)c2cccc(-c3nc(-c4ccccc4)nc(-c4cccc(-c5cccc6ccccc56)c4)n3)c2-c2ccc3oc4ncccc4c3c21.CC1(C)c2cccnc2-c2c(-c3cccc(-c4nc(-c5ccccc5)nc(-c5ccccc5)n4)c3)cc3oc4ccccc4c3c21.CC1(C)c2cccnc2-c2c(-c3nc(-c4ccccc4)nc(-c4ccccc4)n3)cc3oc4ccccc4c3c21. The largest absolute Gasteiger partial charge is 0.456 e. The van der Waals surface area contributed by atoms with Gasteiger partial charge < -0.3 is 13.3 Å². The Labute approximate surface area is 808 Å². The fourth-order valence-electron chi connectivity index (χ4n) is 22.5. The predicted octanol–water partition coefficient (Wildman–Crippen LogP) is 31.2. The number of rotatable bonds is 13. The second-order valence-electron chi connectivity index (χ2n) is 38.0. The van der Waals surface area contributed by atoms with Crippen LogP contribution in [0, 0.1) is 11.8 Å². The first-order chi connectivity index (χ1) is 68.6. The van der Waals surface area contributed by atoms with Crippen LogP contribution in [0.4, 0.5) is 0 Å². The van der Waals surface area contributed by atoms with Gasteiger partial charge in [-0.25, -0.2) is 49.8 Å². The normalized spacial score (nSPS) is 13.3. The Balaban J connectivity index is 0.000000112. The lowest BCUT2D eigenvalue weighted by molar-refractivity contribution is 0.282. The number of hydrogen-bond acceptors (Lipinski definition) is 15. The van der Waals surface area contributed by atoms with E-state index in [9.17, 15) is 0 Å². The summed E-state index contributed by atoms with van der Waals surface area (Å²) in [5.74, 6) is 6.24. The van der Waals surface area contributed by atoms with Crippen LogP contribution in [0.1, 0.15) is 88.8 Å². The third-order valence-corrected chi connectivity index (χ3v) is 28.7. The van der Waals surface area contributed by atoms with Crippen molar-refractivity contribution in [2.45, 2.75) is 71.6 Å². The lowest BCUT2D eigenvalue weighted by Crippen LogP contribution is -2.37. The highest BCUT2D eigenvalue weighted by Crippen LogP contribution is 2.63. The van der Waals surface area contributed by atoms with Crippen molar-refractivity contribution in [1.82, 2.24) is 59.8 Å². The second-order valence-corrected chi connectivity index (χ2v) is 38.0. The van der Waals surface area contributed by atoms with E-state index in [0.717, 1.165) is 150 Å². The number of pyridine rings is 3. The van der Waals surface area contributed by atoms with Crippen LogP contribution in [-0.2, 0) is 16.2 Å². The fourth-order valence-corrected chi connectivity index (χ4v) is 22.5. The Kier molecular flexibility index (Phi) is 20.1. The molecule has 0 spiro atoms. The highest BCUT2D eigenvalue weighted by atomic mass is 16.3. The molecule has 15 nitrogen and oxygen atoms in total. The molecule has 0 aliphatic heterocycles. The number of hydrogen-bond donors (Lipinski definition) is 0. The molecule has 3 aliphatic carbocycles. The molecule has 9 aromatic heterocycles. The van der Waals surface area contributed by atoms with Crippen LogP contribution < -0.4 is 0 Å². The van der Waals surface area contributed by atoms with E-state index in [1.54, 1.807) is 6.20 Å². The molecule has 24 aromatic rings. The minimum absolute atomic E-state index is 0.263. The highest BCUT2D eigenvalue weighted by Gasteiger charge is 2.51. The average Bonchev–Trinajstić information content (AvgIpc) is 1.53. The lowest BCUT2D eigenvalue weighted by Gasteiger charge is -2.40. The van der Waals surface area contributed by atoms with Crippen LogP contribution in [0.5, 0.6) is 0 Å². The van der Waals surface area contributed by atoms with E-state index in [1.807, 2.05) is 194 Å². The maximum absolute atomic E-state index is 6.52. The van der Waals surface area contributed by atoms with Gasteiger partial charge >= 0.3 is 0 Å². The molecular formula is C125H90N12O3. The quantitative estimate of drug-likeness (QED) is 0.106. The summed E-state index contributed by atoms with van der Waals surface area (Å²) in [7, 11) is 0. The molecule has 15 aromatic carbocycles. The summed E-state index contributed by atoms with van der Waals surface area (Å²) < 4.78 is 19.4. The number of para-hydroxylation sites is 2. The second kappa shape index (κ2) is 33.5. The van der Waals surface area contributed by atoms with E-state index in [-0.39, 0.29) is 28.1 Å². The lowest BCUT2D eigenvalue weighted by atomic mass is 9.62. The number of fused-ring (bicyclic) bond motifs is 22. The van der Waals surface area contributed by atoms with Gasteiger partial charge in [-0.15, -0.1) is 0 Å². The Morgan fingerprint density at radius 1 is 0.221 bits per heavy atom. The molecule has 0 radical (unpaired) electrons. The standard InChI is InChI=1S/C49H38N4O.C41H28N4O.C35H24N4O/c1-29(2)49(30(3)4)40-24-12-22-38(42(40)37-25-26-41-43(44(37)49)39-23-13-27-50-48(39)54-41)47-52-45(32-15-6-5-7-16-32)51-46(53-47)34-19-10-18-33(28-34)36-21-11-17-31-14-8-9-20-35(31)36;1-41(2)31-20-12-22-42-37(31)35-30(24-33-34(36(35)41)29-19-9-10-21-32(29)46-33)27-17-11-18-28(23-27)40-44-38(25-13-5-3-6-14-25)43-39(45-40)26-15-7-4-8-16-26;1-35(2)25-17-11-19-36-31(25)29-24(20-27-28(30(29)35)23-16-9-10-18-26(23)40-27)34-38-32(21-12-5-3-6-13-21)37-33(39-34)22-14-7-4-8-15-22/h5-30H,1-4H3;3-24H,1-2H3;3-20H,1-2H3. The maximum atomic E-state index is 6.52. The Hall–Kier alpha value is -17.6. The van der Waals surface area contributed by atoms with Crippen LogP contribution in [0.25, 0.3) is 235 Å². The summed E-state index contributed by atoms with van der Waals surface area (Å²) in [6, 6.07) is 127. The summed E-state index contributed by atoms with van der Waals surface area (Å²) in [6.07, 6.45) is 5.56. The van der Waals surface area contributed by atoms with Crippen molar-refractivity contribution in [2.75, 3.05) is 0 Å². The first kappa shape index (κ1) is 84.2. The van der Waals surface area contributed by atoms with E-state index in [1.165, 1.54) is 60.8 Å². The molecule has 668 valence electrons. The summed E-state index contributed by atoms with van der Waals surface area (Å²) in [4.78, 5) is 60.1. The van der Waals surface area contributed by atoms with Gasteiger partial charge in [-0.05, 0) is 156 Å². The van der Waals surface area contributed by atoms with Crippen molar-refractivity contribution in [3.63, 3.8) is 0 Å². The molecular weight excluding hydrogens is 1720 g/mol. The van der Waals surface area contributed by atoms with Gasteiger partial charge in [0.2, 0.25) is 5.71 Å². The van der Waals surface area contributed by atoms with E-state index in [0.29, 0.717) is 58.1 Å². The topological polar surface area (TPSA) is 194 Å². The zero-order valence-corrected chi connectivity index (χ0v) is 78.2. The van der Waals surface area contributed by atoms with Crippen LogP contribution in [0.3, 0.4) is 0 Å². The third-order valence-electron chi connectivity index (χ3n) is 28.7. The number of nitrogens with zero attached hydrogens (tertiary/aromatic N) is 12. The Morgan fingerprint density at radius 2 is 0.571 bits per heavy atom. The predicted molar refractivity (Wildman–Crippen MR) is 563 cm³/mol. The fraction of sp³-hybridized carbons (Fsp3) is 0.104. The zero-order valence-electron chi connectivity index (χ0n) is 78.2. The minimum Gasteiger partial charge on any atom is -0.456 e. The van der Waals surface area contributed by atoms with Crippen molar-refractivity contribution in [3.05, 3.63) is 422 Å². The molecule has 15 heteroatoms. The van der Waals surface area contributed by atoms with E-state index in [2.05, 4.69) is 248 Å². The molecule has 9 heterocycles. The van der Waals surface area contributed by atoms with Crippen molar-refractivity contribution >= 4 is 76.7 Å². The van der Waals surface area contributed by atoms with Crippen LogP contribution in [0.15, 0.2) is 402 Å². The molecule has 3 aliphatic rings. The first-order valence-corrected chi connectivity index (χ1v) is 47.7. The van der Waals surface area contributed by atoms with E-state index >= 15 is 0 Å². The molecule has 140 heavy (non-hydrogen) atoms. The molecule has 0 bridgehead atoms. The first-order valence-electron chi connectivity index (χ1n) is 47.7. The van der Waals surface area contributed by atoms with Gasteiger partial charge in [-0.1, -0.05) is 359 Å². The number of aromatic nitrogens is 12. The summed E-state index contributed by atoms with van der Waals surface area (Å²) in [5, 5.41) is 9.13. The maximum Gasteiger partial charge on any atom is 0.227 e. The van der Waals surface area contributed by atoms with Crippen LogP contribution >= 0.6 is 0 Å². The van der Waals surface area contributed by atoms with Crippen LogP contribution in [-0.4, -0.2) is 59.8 Å². The van der Waals surface area contributed by atoms with Gasteiger partial charge in [0, 0.05) is 128 Å². The molecule has 0 amide bonds. The Morgan fingerprint density at radius 3 is 1.06 bits per heavy atom. The summed E-state index contributed by atoms with van der Waals surface area (Å²) in [5.41, 5.74) is 31.0. The van der Waals surface area contributed by atoms with Crippen molar-refractivity contribution < 1.29 is 13.3 Å². The summed E-state index contributed by atoms with van der Waals surface area (Å²) in [6.45, 7) is 18.5.